The summed E-state index contributed by atoms with van der Waals surface area (Å²) in [5.74, 6) is 0. The fourth-order valence-corrected chi connectivity index (χ4v) is 9.81. The summed E-state index contributed by atoms with van der Waals surface area (Å²) in [4.78, 5) is 0. The van der Waals surface area contributed by atoms with E-state index >= 15 is 0 Å². The molecule has 1 aromatic heterocycles. The van der Waals surface area contributed by atoms with Crippen molar-refractivity contribution in [3.8, 4) is 5.69 Å². The highest BCUT2D eigenvalue weighted by Gasteiger charge is 2.45. The topological polar surface area (TPSA) is 45.4 Å². The van der Waals surface area contributed by atoms with Gasteiger partial charge in [0.25, 0.3) is 0 Å². The van der Waals surface area contributed by atoms with Gasteiger partial charge in [0, 0.05) is 40.8 Å². The lowest BCUT2D eigenvalue weighted by molar-refractivity contribution is 0.0744. The molecule has 1 fully saturated rings. The van der Waals surface area contributed by atoms with E-state index in [1.807, 2.05) is 36.5 Å². The number of para-hydroxylation sites is 1. The molecule has 39 heavy (non-hydrogen) atoms. The van der Waals surface area contributed by atoms with E-state index in [1.165, 1.54) is 10.9 Å². The van der Waals surface area contributed by atoms with Crippen LogP contribution in [0.2, 0.25) is 10.0 Å². The van der Waals surface area contributed by atoms with Gasteiger partial charge in [0.2, 0.25) is 0 Å². The maximum atomic E-state index is 6.78. The van der Waals surface area contributed by atoms with Crippen molar-refractivity contribution in [2.45, 2.75) is 20.8 Å². The molecule has 0 bridgehead atoms. The maximum Gasteiger partial charge on any atom is 0.179 e. The Morgan fingerprint density at radius 1 is 0.846 bits per heavy atom. The molecule has 0 aliphatic carbocycles. The summed E-state index contributed by atoms with van der Waals surface area (Å²) < 4.78 is 18.4. The molecule has 4 aromatic rings. The first-order valence-corrected chi connectivity index (χ1v) is 15.4. The second-order valence-corrected chi connectivity index (χ2v) is 13.4. The zero-order valence-corrected chi connectivity index (χ0v) is 24.6. The lowest BCUT2D eigenvalue weighted by atomic mass is 10.2. The average Bonchev–Trinajstić information content (AvgIpc) is 3.22. The van der Waals surface area contributed by atoms with Crippen LogP contribution in [0.15, 0.2) is 82.6 Å². The van der Waals surface area contributed by atoms with Crippen LogP contribution in [-0.4, -0.2) is 41.8 Å². The summed E-state index contributed by atoms with van der Waals surface area (Å²) in [6, 6.07) is 24.4. The van der Waals surface area contributed by atoms with Crippen LogP contribution in [-0.2, 0) is 4.74 Å². The molecule has 0 radical (unpaired) electrons. The fourth-order valence-electron chi connectivity index (χ4n) is 5.49. The molecule has 0 N–H and O–H groups in total. The van der Waals surface area contributed by atoms with Crippen LogP contribution >= 0.6 is 30.6 Å². The van der Waals surface area contributed by atoms with Crippen LogP contribution in [0.1, 0.15) is 22.5 Å². The number of anilines is 1. The van der Waals surface area contributed by atoms with Crippen LogP contribution in [0.25, 0.3) is 5.69 Å². The van der Waals surface area contributed by atoms with Crippen LogP contribution in [0.5, 0.6) is 0 Å². The Morgan fingerprint density at radius 2 is 1.56 bits per heavy atom. The van der Waals surface area contributed by atoms with Crippen molar-refractivity contribution >= 4 is 53.5 Å². The van der Waals surface area contributed by atoms with E-state index < -0.39 is 7.36 Å². The SMILES string of the molecule is Cc1ccc(-n2c(C)c3c(c2C)P(=Nc2cc(Cl)ccc2Cl)(N2CCOCC2)N(c2ccccc2)N=C3)cc1. The molecule has 1 atom stereocenters. The summed E-state index contributed by atoms with van der Waals surface area (Å²) >= 11 is 13.3. The molecule has 1 saturated heterocycles. The van der Waals surface area contributed by atoms with Gasteiger partial charge in [0.15, 0.2) is 7.36 Å². The molecule has 2 aliphatic heterocycles. The quantitative estimate of drug-likeness (QED) is 0.232. The molecule has 0 spiro atoms. The second kappa shape index (κ2) is 10.6. The monoisotopic (exact) mass is 577 g/mol. The Labute approximate surface area is 239 Å². The van der Waals surface area contributed by atoms with E-state index in [2.05, 4.69) is 71.2 Å². The number of nitrogens with zero attached hydrogens (tertiary/aromatic N) is 5. The number of hydrazone groups is 1. The van der Waals surface area contributed by atoms with Crippen molar-refractivity contribution in [1.82, 2.24) is 9.24 Å². The predicted octanol–water partition coefficient (Wildman–Crippen LogP) is 7.88. The number of benzene rings is 3. The first kappa shape index (κ1) is 26.4. The lowest BCUT2D eigenvalue weighted by Gasteiger charge is -2.45. The maximum absolute atomic E-state index is 6.78. The molecular weight excluding hydrogens is 548 g/mol. The third-order valence-electron chi connectivity index (χ3n) is 7.34. The van der Waals surface area contributed by atoms with Gasteiger partial charge in [0.1, 0.15) is 0 Å². The summed E-state index contributed by atoms with van der Waals surface area (Å²) in [6.45, 7) is 9.16. The van der Waals surface area contributed by atoms with E-state index in [-0.39, 0.29) is 0 Å². The van der Waals surface area contributed by atoms with E-state index in [4.69, 9.17) is 37.8 Å². The predicted molar refractivity (Wildman–Crippen MR) is 164 cm³/mol. The fraction of sp³-hybridized carbons (Fsp3) is 0.233. The number of aryl methyl sites for hydroxylation is 1. The minimum Gasteiger partial charge on any atom is -0.379 e. The zero-order chi connectivity index (χ0) is 27.1. The highest BCUT2D eigenvalue weighted by atomic mass is 35.5. The van der Waals surface area contributed by atoms with Gasteiger partial charge in [-0.1, -0.05) is 59.1 Å². The highest BCUT2D eigenvalue weighted by Crippen LogP contribution is 2.62. The summed E-state index contributed by atoms with van der Waals surface area (Å²) in [6.07, 6.45) is 1.99. The van der Waals surface area contributed by atoms with Gasteiger partial charge in [-0.05, 0) is 63.2 Å². The largest absolute Gasteiger partial charge is 0.379 e. The molecule has 200 valence electrons. The molecule has 3 aromatic carbocycles. The molecule has 1 unspecified atom stereocenters. The molecule has 2 aliphatic rings. The zero-order valence-electron chi connectivity index (χ0n) is 22.2. The van der Waals surface area contributed by atoms with Crippen molar-refractivity contribution in [1.29, 1.82) is 0 Å². The van der Waals surface area contributed by atoms with Crippen molar-refractivity contribution in [2.75, 3.05) is 31.1 Å². The van der Waals surface area contributed by atoms with Gasteiger partial charge in [-0.25, -0.2) is 14.2 Å². The van der Waals surface area contributed by atoms with Gasteiger partial charge in [-0.2, -0.15) is 5.10 Å². The van der Waals surface area contributed by atoms with Crippen LogP contribution < -0.4 is 10.1 Å². The summed E-state index contributed by atoms with van der Waals surface area (Å²) in [7, 11) is -2.78. The summed E-state index contributed by atoms with van der Waals surface area (Å²) in [5.41, 5.74) is 7.35. The molecular formula is C30H30Cl2N5OP. The lowest BCUT2D eigenvalue weighted by Crippen LogP contribution is -2.44. The van der Waals surface area contributed by atoms with Crippen LogP contribution in [0.4, 0.5) is 11.4 Å². The molecule has 3 heterocycles. The van der Waals surface area contributed by atoms with Gasteiger partial charge < -0.3 is 9.30 Å². The Morgan fingerprint density at radius 3 is 2.28 bits per heavy atom. The Bertz CT molecular complexity index is 1610. The third kappa shape index (κ3) is 4.55. The minimum atomic E-state index is -2.78. The van der Waals surface area contributed by atoms with Crippen molar-refractivity contribution in [3.05, 3.63) is 105 Å². The molecule has 0 saturated carbocycles. The Kier molecular flexibility index (Phi) is 7.17. The standard InChI is InChI=1S/C30H30Cl2N5OP/c1-21-9-12-25(13-10-21)36-22(2)27-20-33-37(26-7-5-4-6-8-26)39(30(27)23(36)3,35-15-17-38-18-16-35)34-29-19-24(31)11-14-28(29)32/h4-14,19-20H,15-18H2,1-3H3. The van der Waals surface area contributed by atoms with Gasteiger partial charge in [-0.15, -0.1) is 0 Å². The van der Waals surface area contributed by atoms with E-state index in [1.54, 1.807) is 6.07 Å². The second-order valence-electron chi connectivity index (χ2n) is 9.80. The van der Waals surface area contributed by atoms with E-state index in [0.29, 0.717) is 28.9 Å². The van der Waals surface area contributed by atoms with E-state index in [0.717, 1.165) is 41.4 Å². The van der Waals surface area contributed by atoms with Gasteiger partial charge >= 0.3 is 0 Å². The minimum absolute atomic E-state index is 0.559. The Balaban J connectivity index is 1.73. The van der Waals surface area contributed by atoms with Gasteiger partial charge in [-0.3, -0.25) is 0 Å². The third-order valence-corrected chi connectivity index (χ3v) is 11.6. The number of fused-ring (bicyclic) bond motifs is 1. The number of morpholine rings is 1. The van der Waals surface area contributed by atoms with Crippen LogP contribution in [0, 0.1) is 20.8 Å². The number of aromatic nitrogens is 1. The average molecular weight is 578 g/mol. The number of hydrogen-bond acceptors (Lipinski definition) is 3. The van der Waals surface area contributed by atoms with Gasteiger partial charge in [0.05, 0.1) is 41.1 Å². The number of hydrogen-bond donors (Lipinski definition) is 0. The molecule has 9 heteroatoms. The van der Waals surface area contributed by atoms with E-state index in [9.17, 15) is 0 Å². The highest BCUT2D eigenvalue weighted by molar-refractivity contribution is 7.73. The smallest absolute Gasteiger partial charge is 0.179 e. The summed E-state index contributed by atoms with van der Waals surface area (Å²) in [5, 5.41) is 7.46. The van der Waals surface area contributed by atoms with Crippen molar-refractivity contribution in [2.24, 2.45) is 9.85 Å². The van der Waals surface area contributed by atoms with Crippen molar-refractivity contribution in [3.63, 3.8) is 0 Å². The molecule has 6 nitrogen and oxygen atoms in total. The molecule has 0 amide bonds. The Hall–Kier alpha value is -2.86. The first-order chi connectivity index (χ1) is 18.9. The normalized spacial score (nSPS) is 19.3. The molecule has 6 rings (SSSR count). The number of halogens is 2. The number of ether oxygens (including phenoxy) is 1. The van der Waals surface area contributed by atoms with Crippen LogP contribution in [0.3, 0.4) is 0 Å². The van der Waals surface area contributed by atoms with Crippen molar-refractivity contribution < 1.29 is 4.74 Å². The number of rotatable bonds is 4. The first-order valence-electron chi connectivity index (χ1n) is 13.0.